The number of urea groups is 1. The first-order chi connectivity index (χ1) is 10.1. The van der Waals surface area contributed by atoms with E-state index in [0.29, 0.717) is 18.3 Å². The summed E-state index contributed by atoms with van der Waals surface area (Å²) in [5, 5.41) is 9.94. The highest BCUT2D eigenvalue weighted by Crippen LogP contribution is 2.18. The van der Waals surface area contributed by atoms with E-state index in [9.17, 15) is 4.79 Å². The monoisotopic (exact) mass is 286 g/mol. The molecule has 0 aliphatic heterocycles. The molecule has 2 aromatic rings. The maximum atomic E-state index is 12.0. The Hall–Kier alpha value is -2.30. The summed E-state index contributed by atoms with van der Waals surface area (Å²) in [6, 6.07) is 11.9. The van der Waals surface area contributed by atoms with Gasteiger partial charge in [0.05, 0.1) is 5.69 Å². The van der Waals surface area contributed by atoms with Crippen LogP contribution in [-0.2, 0) is 7.05 Å². The van der Waals surface area contributed by atoms with Crippen LogP contribution in [0.4, 0.5) is 10.6 Å². The minimum Gasteiger partial charge on any atom is -0.337 e. The third-order valence-corrected chi connectivity index (χ3v) is 3.52. The number of rotatable bonds is 5. The Morgan fingerprint density at radius 3 is 2.62 bits per heavy atom. The number of carbonyl (C=O) groups is 1. The highest BCUT2D eigenvalue weighted by atomic mass is 16.2. The molecule has 0 aliphatic carbocycles. The van der Waals surface area contributed by atoms with E-state index in [-0.39, 0.29) is 6.03 Å². The first-order valence-corrected chi connectivity index (χ1v) is 7.20. The van der Waals surface area contributed by atoms with Gasteiger partial charge < -0.3 is 5.32 Å². The Bertz CT molecular complexity index is 592. The zero-order valence-electron chi connectivity index (χ0n) is 12.8. The second-order valence-corrected chi connectivity index (χ2v) is 5.15. The molecule has 1 heterocycles. The van der Waals surface area contributed by atoms with E-state index in [0.717, 1.165) is 12.1 Å². The van der Waals surface area contributed by atoms with Crippen molar-refractivity contribution in [3.8, 4) is 0 Å². The average Bonchev–Trinajstić information content (AvgIpc) is 2.78. The molecular weight excluding hydrogens is 264 g/mol. The maximum absolute atomic E-state index is 12.0. The van der Waals surface area contributed by atoms with Crippen molar-refractivity contribution in [1.29, 1.82) is 0 Å². The van der Waals surface area contributed by atoms with Crippen LogP contribution in [0.2, 0.25) is 0 Å². The number of anilines is 1. The van der Waals surface area contributed by atoms with Gasteiger partial charge in [-0.25, -0.2) is 4.79 Å². The molecule has 1 aromatic carbocycles. The van der Waals surface area contributed by atoms with Crippen molar-refractivity contribution < 1.29 is 4.79 Å². The highest BCUT2D eigenvalue weighted by Gasteiger charge is 2.11. The van der Waals surface area contributed by atoms with Gasteiger partial charge in [0, 0.05) is 25.6 Å². The van der Waals surface area contributed by atoms with Crippen molar-refractivity contribution in [3.63, 3.8) is 0 Å². The summed E-state index contributed by atoms with van der Waals surface area (Å²) in [6.07, 6.45) is 0.981. The summed E-state index contributed by atoms with van der Waals surface area (Å²) >= 11 is 0. The summed E-state index contributed by atoms with van der Waals surface area (Å²) in [6.45, 7) is 4.64. The molecule has 0 spiro atoms. The Labute approximate surface area is 125 Å². The maximum Gasteiger partial charge on any atom is 0.320 e. The Kier molecular flexibility index (Phi) is 4.98. The van der Waals surface area contributed by atoms with Gasteiger partial charge in [-0.2, -0.15) is 5.10 Å². The zero-order chi connectivity index (χ0) is 15.2. The molecule has 21 heavy (non-hydrogen) atoms. The van der Waals surface area contributed by atoms with Gasteiger partial charge in [0.1, 0.15) is 5.82 Å². The minimum atomic E-state index is -0.201. The number of benzene rings is 1. The van der Waals surface area contributed by atoms with Gasteiger partial charge in [0.2, 0.25) is 0 Å². The Balaban J connectivity index is 1.89. The number of nitrogens with one attached hydrogen (secondary N) is 2. The molecule has 0 saturated carbocycles. The van der Waals surface area contributed by atoms with Crippen LogP contribution in [0.3, 0.4) is 0 Å². The molecule has 2 amide bonds. The van der Waals surface area contributed by atoms with E-state index in [4.69, 9.17) is 0 Å². The van der Waals surface area contributed by atoms with Crippen molar-refractivity contribution in [3.05, 3.63) is 47.7 Å². The second-order valence-electron chi connectivity index (χ2n) is 5.15. The molecule has 2 N–H and O–H groups in total. The summed E-state index contributed by atoms with van der Waals surface area (Å²) in [7, 11) is 1.81. The first kappa shape index (κ1) is 15.1. The standard InChI is InChI=1S/C16H22N4O/c1-4-13(14-8-6-5-7-9-14)11-17-16(21)18-15-10-12(2)19-20(15)3/h5-10,13H,4,11H2,1-3H3,(H2,17,18,21). The molecule has 0 radical (unpaired) electrons. The number of nitrogens with zero attached hydrogens (tertiary/aromatic N) is 2. The van der Waals surface area contributed by atoms with Gasteiger partial charge in [0.15, 0.2) is 0 Å². The molecule has 2 rings (SSSR count). The van der Waals surface area contributed by atoms with Crippen molar-refractivity contribution >= 4 is 11.8 Å². The number of hydrogen-bond acceptors (Lipinski definition) is 2. The van der Waals surface area contributed by atoms with E-state index < -0.39 is 0 Å². The number of aryl methyl sites for hydroxylation is 2. The van der Waals surface area contributed by atoms with Gasteiger partial charge in [-0.15, -0.1) is 0 Å². The lowest BCUT2D eigenvalue weighted by molar-refractivity contribution is 0.251. The Morgan fingerprint density at radius 2 is 2.05 bits per heavy atom. The fourth-order valence-corrected chi connectivity index (χ4v) is 2.33. The van der Waals surface area contributed by atoms with Crippen LogP contribution in [-0.4, -0.2) is 22.4 Å². The summed E-state index contributed by atoms with van der Waals surface area (Å²) in [5.41, 5.74) is 2.13. The lowest BCUT2D eigenvalue weighted by Crippen LogP contribution is -2.32. The van der Waals surface area contributed by atoms with Gasteiger partial charge in [0.25, 0.3) is 0 Å². The van der Waals surface area contributed by atoms with Crippen LogP contribution >= 0.6 is 0 Å². The number of carbonyl (C=O) groups excluding carboxylic acids is 1. The van der Waals surface area contributed by atoms with Crippen LogP contribution < -0.4 is 10.6 Å². The van der Waals surface area contributed by atoms with Crippen molar-refractivity contribution in [2.45, 2.75) is 26.2 Å². The zero-order valence-corrected chi connectivity index (χ0v) is 12.8. The normalized spacial score (nSPS) is 12.0. The molecule has 0 saturated heterocycles. The fourth-order valence-electron chi connectivity index (χ4n) is 2.33. The molecule has 1 atom stereocenters. The molecular formula is C16H22N4O. The smallest absolute Gasteiger partial charge is 0.320 e. The predicted octanol–water partition coefficient (Wildman–Crippen LogP) is 3.04. The average molecular weight is 286 g/mol. The number of aromatic nitrogens is 2. The van der Waals surface area contributed by atoms with Crippen LogP contribution in [0.25, 0.3) is 0 Å². The number of amides is 2. The predicted molar refractivity (Wildman–Crippen MR) is 84.4 cm³/mol. The summed E-state index contributed by atoms with van der Waals surface area (Å²) in [5.74, 6) is 1.02. The lowest BCUT2D eigenvalue weighted by Gasteiger charge is -2.16. The quantitative estimate of drug-likeness (QED) is 0.887. The lowest BCUT2D eigenvalue weighted by atomic mass is 9.97. The fraction of sp³-hybridized carbons (Fsp3) is 0.375. The molecule has 0 fully saturated rings. The summed E-state index contributed by atoms with van der Waals surface area (Å²) < 4.78 is 1.66. The van der Waals surface area contributed by atoms with E-state index in [1.54, 1.807) is 11.7 Å². The molecule has 5 heteroatoms. The molecule has 0 bridgehead atoms. The minimum absolute atomic E-state index is 0.201. The van der Waals surface area contributed by atoms with Crippen molar-refractivity contribution in [1.82, 2.24) is 15.1 Å². The largest absolute Gasteiger partial charge is 0.337 e. The second kappa shape index (κ2) is 6.92. The van der Waals surface area contributed by atoms with Gasteiger partial charge in [-0.3, -0.25) is 10.00 Å². The molecule has 5 nitrogen and oxygen atoms in total. The Morgan fingerprint density at radius 1 is 1.33 bits per heavy atom. The highest BCUT2D eigenvalue weighted by molar-refractivity contribution is 5.88. The van der Waals surface area contributed by atoms with E-state index in [2.05, 4.69) is 34.8 Å². The van der Waals surface area contributed by atoms with Crippen LogP contribution in [0, 0.1) is 6.92 Å². The van der Waals surface area contributed by atoms with Crippen LogP contribution in [0.15, 0.2) is 36.4 Å². The van der Waals surface area contributed by atoms with Gasteiger partial charge in [-0.1, -0.05) is 37.3 Å². The summed E-state index contributed by atoms with van der Waals surface area (Å²) in [4.78, 5) is 12.0. The van der Waals surface area contributed by atoms with Crippen molar-refractivity contribution in [2.75, 3.05) is 11.9 Å². The van der Waals surface area contributed by atoms with Crippen molar-refractivity contribution in [2.24, 2.45) is 7.05 Å². The molecule has 1 aromatic heterocycles. The van der Waals surface area contributed by atoms with E-state index in [1.807, 2.05) is 31.2 Å². The van der Waals surface area contributed by atoms with Crippen LogP contribution in [0.1, 0.15) is 30.5 Å². The third kappa shape index (κ3) is 4.08. The number of hydrogen-bond donors (Lipinski definition) is 2. The SMILES string of the molecule is CCC(CNC(=O)Nc1cc(C)nn1C)c1ccccc1. The molecule has 0 aliphatic rings. The molecule has 1 unspecified atom stereocenters. The van der Waals surface area contributed by atoms with Crippen LogP contribution in [0.5, 0.6) is 0 Å². The molecule has 112 valence electrons. The first-order valence-electron chi connectivity index (χ1n) is 7.20. The van der Waals surface area contributed by atoms with E-state index in [1.165, 1.54) is 5.56 Å². The third-order valence-electron chi connectivity index (χ3n) is 3.52. The van der Waals surface area contributed by atoms with Gasteiger partial charge >= 0.3 is 6.03 Å². The van der Waals surface area contributed by atoms with Gasteiger partial charge in [-0.05, 0) is 18.9 Å². The van der Waals surface area contributed by atoms with E-state index >= 15 is 0 Å². The topological polar surface area (TPSA) is 59.0 Å².